The molecule has 1 heterocycles. The van der Waals surface area contributed by atoms with Gasteiger partial charge in [-0.25, -0.2) is 4.79 Å². The average Bonchev–Trinajstić information content (AvgIpc) is 2.52. The van der Waals surface area contributed by atoms with Gasteiger partial charge in [0.25, 0.3) is 0 Å². The van der Waals surface area contributed by atoms with Gasteiger partial charge in [0, 0.05) is 6.61 Å². The van der Waals surface area contributed by atoms with Crippen molar-refractivity contribution in [3.05, 3.63) is 11.5 Å². The van der Waals surface area contributed by atoms with E-state index in [1.165, 1.54) is 20.8 Å². The third-order valence-electron chi connectivity index (χ3n) is 3.97. The summed E-state index contributed by atoms with van der Waals surface area (Å²) < 4.78 is 4.82. The van der Waals surface area contributed by atoms with Crippen molar-refractivity contribution in [1.82, 2.24) is 0 Å². The average molecular weight is 276 g/mol. The van der Waals surface area contributed by atoms with Crippen LogP contribution in [0, 0.1) is 0 Å². The maximum atomic E-state index is 11.3. The predicted octanol–water partition coefficient (Wildman–Crippen LogP) is -0.0960. The molecule has 0 amide bonds. The van der Waals surface area contributed by atoms with Crippen LogP contribution in [0.5, 0.6) is 0 Å². The van der Waals surface area contributed by atoms with Gasteiger partial charge in [0.15, 0.2) is 5.76 Å². The lowest BCUT2D eigenvalue weighted by Gasteiger charge is -2.47. The molecular weight excluding hydrogens is 256 g/mol. The third-order valence-corrected chi connectivity index (χ3v) is 3.97. The minimum Gasteiger partial charge on any atom is -0.505 e. The molecular formula is C12H20O7. The summed E-state index contributed by atoms with van der Waals surface area (Å²) in [5.41, 5.74) is -5.80. The van der Waals surface area contributed by atoms with Gasteiger partial charge in [-0.1, -0.05) is 0 Å². The van der Waals surface area contributed by atoms with Crippen molar-refractivity contribution in [2.75, 3.05) is 6.61 Å². The van der Waals surface area contributed by atoms with Crippen molar-refractivity contribution in [2.24, 2.45) is 0 Å². The molecule has 1 aliphatic rings. The Hall–Kier alpha value is -1.31. The van der Waals surface area contributed by atoms with Gasteiger partial charge in [-0.15, -0.1) is 0 Å². The number of esters is 1. The Kier molecular flexibility index (Phi) is 3.86. The molecule has 0 fully saturated rings. The molecule has 110 valence electrons. The number of hydrogen-bond acceptors (Lipinski definition) is 7. The normalized spacial score (nSPS) is 29.9. The fraction of sp³-hybridized carbons (Fsp3) is 0.750. The molecule has 19 heavy (non-hydrogen) atoms. The highest BCUT2D eigenvalue weighted by Gasteiger charge is 2.63. The summed E-state index contributed by atoms with van der Waals surface area (Å²) in [6.45, 7) is 3.49. The second-order valence-corrected chi connectivity index (χ2v) is 5.29. The van der Waals surface area contributed by atoms with Crippen LogP contribution in [0.3, 0.4) is 0 Å². The fourth-order valence-corrected chi connectivity index (χ4v) is 2.12. The molecule has 1 rings (SSSR count). The quantitative estimate of drug-likeness (QED) is 0.444. The highest BCUT2D eigenvalue weighted by molar-refractivity contribution is 5.90. The molecule has 0 aromatic rings. The Bertz CT molecular complexity index is 410. The fourth-order valence-electron chi connectivity index (χ4n) is 2.12. The largest absolute Gasteiger partial charge is 0.505 e. The van der Waals surface area contributed by atoms with Crippen LogP contribution in [0.15, 0.2) is 11.5 Å². The van der Waals surface area contributed by atoms with Crippen LogP contribution in [-0.2, 0) is 9.53 Å². The maximum Gasteiger partial charge on any atom is 0.378 e. The molecule has 1 unspecified atom stereocenters. The molecule has 0 aromatic carbocycles. The monoisotopic (exact) mass is 276 g/mol. The summed E-state index contributed by atoms with van der Waals surface area (Å²) in [7, 11) is 0. The SMILES string of the molecule is CC(O)(CCCO)[C@](C)(O)[C@@]1(C)OC(=O)C(O)=C1O. The topological polar surface area (TPSA) is 127 Å². The van der Waals surface area contributed by atoms with Gasteiger partial charge in [-0.2, -0.15) is 0 Å². The number of aliphatic hydroxyl groups excluding tert-OH is 3. The van der Waals surface area contributed by atoms with Crippen molar-refractivity contribution in [3.8, 4) is 0 Å². The summed E-state index contributed by atoms with van der Waals surface area (Å²) in [5.74, 6) is -2.98. The van der Waals surface area contributed by atoms with Crippen LogP contribution >= 0.6 is 0 Å². The number of cyclic esters (lactones) is 1. The van der Waals surface area contributed by atoms with Crippen molar-refractivity contribution in [2.45, 2.75) is 50.4 Å². The Balaban J connectivity index is 3.17. The van der Waals surface area contributed by atoms with E-state index in [2.05, 4.69) is 0 Å². The summed E-state index contributed by atoms with van der Waals surface area (Å²) >= 11 is 0. The number of hydrogen-bond donors (Lipinski definition) is 5. The number of carbonyl (C=O) groups is 1. The van der Waals surface area contributed by atoms with Gasteiger partial charge in [-0.05, 0) is 33.6 Å². The van der Waals surface area contributed by atoms with Crippen molar-refractivity contribution < 1.29 is 35.1 Å². The van der Waals surface area contributed by atoms with Gasteiger partial charge in [0.1, 0.15) is 5.60 Å². The molecule has 7 nitrogen and oxygen atoms in total. The van der Waals surface area contributed by atoms with E-state index in [-0.39, 0.29) is 19.4 Å². The molecule has 5 N–H and O–H groups in total. The van der Waals surface area contributed by atoms with E-state index < -0.39 is 34.3 Å². The minimum absolute atomic E-state index is 0.0116. The first-order chi connectivity index (χ1) is 8.51. The van der Waals surface area contributed by atoms with Crippen LogP contribution in [0.25, 0.3) is 0 Å². The van der Waals surface area contributed by atoms with E-state index in [1.54, 1.807) is 0 Å². The Morgan fingerprint density at radius 3 is 2.16 bits per heavy atom. The summed E-state index contributed by atoms with van der Waals surface area (Å²) in [6.07, 6.45) is 0.224. The lowest BCUT2D eigenvalue weighted by atomic mass is 9.71. The molecule has 7 heteroatoms. The molecule has 0 saturated carbocycles. The van der Waals surface area contributed by atoms with Crippen LogP contribution in [-0.4, -0.2) is 54.9 Å². The Morgan fingerprint density at radius 1 is 1.26 bits per heavy atom. The van der Waals surface area contributed by atoms with Crippen LogP contribution in [0.4, 0.5) is 0 Å². The highest BCUT2D eigenvalue weighted by atomic mass is 16.6. The zero-order valence-corrected chi connectivity index (χ0v) is 11.2. The zero-order chi connectivity index (χ0) is 15.1. The summed E-state index contributed by atoms with van der Waals surface area (Å²) in [5, 5.41) is 48.7. The van der Waals surface area contributed by atoms with Crippen LogP contribution < -0.4 is 0 Å². The molecule has 0 saturated heterocycles. The van der Waals surface area contributed by atoms with Gasteiger partial charge >= 0.3 is 5.97 Å². The van der Waals surface area contributed by atoms with Gasteiger partial charge in [0.05, 0.1) is 5.60 Å². The predicted molar refractivity (Wildman–Crippen MR) is 64.3 cm³/mol. The molecule has 0 aliphatic carbocycles. The van der Waals surface area contributed by atoms with Gasteiger partial charge in [0.2, 0.25) is 11.4 Å². The van der Waals surface area contributed by atoms with Crippen molar-refractivity contribution in [3.63, 3.8) is 0 Å². The van der Waals surface area contributed by atoms with E-state index in [0.717, 1.165) is 0 Å². The van der Waals surface area contributed by atoms with E-state index in [0.29, 0.717) is 0 Å². The first-order valence-corrected chi connectivity index (χ1v) is 5.93. The number of ether oxygens (including phenoxy) is 1. The lowest BCUT2D eigenvalue weighted by Crippen LogP contribution is -2.64. The molecule has 0 spiro atoms. The van der Waals surface area contributed by atoms with Crippen molar-refractivity contribution in [1.29, 1.82) is 0 Å². The Labute approximate surface area is 110 Å². The second kappa shape index (κ2) is 4.66. The van der Waals surface area contributed by atoms with E-state index in [4.69, 9.17) is 9.84 Å². The number of carbonyl (C=O) groups excluding carboxylic acids is 1. The summed E-state index contributed by atoms with van der Waals surface area (Å²) in [4.78, 5) is 11.3. The Morgan fingerprint density at radius 2 is 1.79 bits per heavy atom. The maximum absolute atomic E-state index is 11.3. The lowest BCUT2D eigenvalue weighted by molar-refractivity contribution is -0.229. The van der Waals surface area contributed by atoms with E-state index in [1.807, 2.05) is 0 Å². The zero-order valence-electron chi connectivity index (χ0n) is 11.2. The first-order valence-electron chi connectivity index (χ1n) is 5.93. The summed E-state index contributed by atoms with van der Waals surface area (Å²) in [6, 6.07) is 0. The van der Waals surface area contributed by atoms with E-state index in [9.17, 15) is 25.2 Å². The first kappa shape index (κ1) is 15.7. The second-order valence-electron chi connectivity index (χ2n) is 5.29. The number of rotatable bonds is 5. The van der Waals surface area contributed by atoms with Crippen LogP contribution in [0.1, 0.15) is 33.6 Å². The van der Waals surface area contributed by atoms with Gasteiger partial charge < -0.3 is 30.3 Å². The molecule has 0 bridgehead atoms. The molecule has 1 aliphatic heterocycles. The van der Waals surface area contributed by atoms with Gasteiger partial charge in [-0.3, -0.25) is 0 Å². The molecule has 0 aromatic heterocycles. The van der Waals surface area contributed by atoms with Crippen molar-refractivity contribution >= 4 is 5.97 Å². The third kappa shape index (κ3) is 2.18. The highest BCUT2D eigenvalue weighted by Crippen LogP contribution is 2.45. The smallest absolute Gasteiger partial charge is 0.378 e. The number of aliphatic hydroxyl groups is 5. The van der Waals surface area contributed by atoms with E-state index >= 15 is 0 Å². The molecule has 0 radical (unpaired) electrons. The minimum atomic E-state index is -2.07. The van der Waals surface area contributed by atoms with Crippen LogP contribution in [0.2, 0.25) is 0 Å². The standard InChI is InChI=1S/C12H20O7/c1-10(17,5-4-6-13)12(3,18)11(2)8(15)7(14)9(16)19-11/h13-15,17-18H,4-6H2,1-3H3/t10?,11-,12-/m0/s1. The molecule has 3 atom stereocenters.